The van der Waals surface area contributed by atoms with E-state index in [1.165, 1.54) is 0 Å². The Hall–Kier alpha value is -6.93. The molecule has 4 rings (SSSR count). The van der Waals surface area contributed by atoms with E-state index in [1.807, 2.05) is 0 Å². The monoisotopic (exact) mass is 1030 g/mol. The molecule has 0 fully saturated rings. The molecule has 0 amide bonds. The smallest absolute Gasteiger partial charge is 0.330 e. The summed E-state index contributed by atoms with van der Waals surface area (Å²) >= 11 is 3.10. The normalized spacial score (nSPS) is 10.4. The highest BCUT2D eigenvalue weighted by Gasteiger charge is 2.36. The van der Waals surface area contributed by atoms with Crippen LogP contribution in [0.3, 0.4) is 0 Å². The first kappa shape index (κ1) is 55.2. The Labute approximate surface area is 366 Å². The fraction of sp³-hybridized carbons (Fsp3) is 0.154. The van der Waals surface area contributed by atoms with Crippen molar-refractivity contribution in [1.29, 1.82) is 0 Å². The molecule has 0 aromatic heterocycles. The third kappa shape index (κ3) is 12.2. The van der Waals surface area contributed by atoms with Gasteiger partial charge in [0.05, 0.1) is 22.3 Å². The summed E-state index contributed by atoms with van der Waals surface area (Å²) in [6, 6.07) is 0. The lowest BCUT2D eigenvalue weighted by Gasteiger charge is -2.16. The number of carbonyl (C=O) groups excluding carboxylic acids is 3. The number of esters is 3. The number of hydrogen-bond acceptors (Lipinski definition) is 10. The van der Waals surface area contributed by atoms with Crippen LogP contribution in [0, 0.1) is 93.1 Å². The molecule has 0 aliphatic carbocycles. The number of aromatic hydroxyl groups is 2. The summed E-state index contributed by atoms with van der Waals surface area (Å²) in [5.74, 6) is -48.6. The van der Waals surface area contributed by atoms with Gasteiger partial charge in [0, 0.05) is 23.6 Å². The Morgan fingerprint density at radius 2 is 0.591 bits per heavy atom. The molecule has 4 aromatic carbocycles. The number of benzene rings is 4. The first-order valence-corrected chi connectivity index (χ1v) is 18.0. The van der Waals surface area contributed by atoms with Crippen LogP contribution < -0.4 is 9.47 Å². The van der Waals surface area contributed by atoms with E-state index in [-0.39, 0.29) is 5.97 Å². The van der Waals surface area contributed by atoms with Crippen molar-refractivity contribution in [1.82, 2.24) is 0 Å². The van der Waals surface area contributed by atoms with E-state index in [2.05, 4.69) is 59.4 Å². The van der Waals surface area contributed by atoms with Crippen LogP contribution in [-0.2, 0) is 28.6 Å². The summed E-state index contributed by atoms with van der Waals surface area (Å²) in [4.78, 5) is 32.0. The van der Waals surface area contributed by atoms with E-state index in [0.29, 0.717) is 11.9 Å². The fourth-order valence-corrected chi connectivity index (χ4v) is 4.64. The van der Waals surface area contributed by atoms with Gasteiger partial charge in [0.1, 0.15) is 33.0 Å². The standard InChI is InChI=1S/C22H14F8O6.C12H2F8O2.C5H7BrO2/c1-3-9(31)33-5-7-35-21-17(27)13(23)11(14(24)18(21)28)12-15(25)19(29)22(20(30)16(12)26)36-8-6-34-10(32)4-2;13-3-1(4(14)8(18)11(21)7(3)17)2-5(15)9(19)12(22)10(20)6(2)16;1-2-5(7)8-4-3-6/h3-4H,1-2,5-8H2;21-22H;2H,1,3-4H2. The van der Waals surface area contributed by atoms with Crippen LogP contribution in [0.4, 0.5) is 70.2 Å². The van der Waals surface area contributed by atoms with Crippen LogP contribution in [0.1, 0.15) is 0 Å². The van der Waals surface area contributed by atoms with Crippen LogP contribution in [0.5, 0.6) is 23.0 Å². The average molecular weight is 1040 g/mol. The second-order valence-electron chi connectivity index (χ2n) is 11.4. The van der Waals surface area contributed by atoms with Gasteiger partial charge < -0.3 is 33.9 Å². The molecule has 0 aliphatic rings. The number of alkyl halides is 1. The molecule has 358 valence electrons. The second kappa shape index (κ2) is 24.4. The summed E-state index contributed by atoms with van der Waals surface area (Å²) in [5, 5.41) is 18.1. The molecule has 0 unspecified atom stereocenters. The first-order chi connectivity index (χ1) is 30.9. The number of carbonyl (C=O) groups is 3. The summed E-state index contributed by atoms with van der Waals surface area (Å²) in [6.45, 7) is 6.87. The zero-order valence-electron chi connectivity index (χ0n) is 32.2. The van der Waals surface area contributed by atoms with Gasteiger partial charge in [0.2, 0.25) is 46.5 Å². The second-order valence-corrected chi connectivity index (χ2v) is 12.2. The molecular formula is C39H23BrF16O10. The van der Waals surface area contributed by atoms with E-state index in [1.54, 1.807) is 0 Å². The van der Waals surface area contributed by atoms with Gasteiger partial charge in [-0.15, -0.1) is 0 Å². The Bertz CT molecular complexity index is 2280. The molecule has 0 saturated heterocycles. The van der Waals surface area contributed by atoms with Gasteiger partial charge in [-0.1, -0.05) is 35.7 Å². The maximum atomic E-state index is 14.5. The maximum absolute atomic E-state index is 14.5. The third-order valence-electron chi connectivity index (χ3n) is 7.40. The average Bonchev–Trinajstić information content (AvgIpc) is 3.30. The number of phenols is 2. The van der Waals surface area contributed by atoms with Gasteiger partial charge in [0.25, 0.3) is 0 Å². The van der Waals surface area contributed by atoms with Gasteiger partial charge in [0.15, 0.2) is 69.5 Å². The summed E-state index contributed by atoms with van der Waals surface area (Å²) < 4.78 is 245. The topological polar surface area (TPSA) is 138 Å². The summed E-state index contributed by atoms with van der Waals surface area (Å²) in [5.41, 5.74) is -8.48. The molecule has 0 radical (unpaired) electrons. The molecular weight excluding hydrogens is 1010 g/mol. The van der Waals surface area contributed by atoms with Crippen LogP contribution in [0.25, 0.3) is 22.3 Å². The van der Waals surface area contributed by atoms with Crippen LogP contribution >= 0.6 is 15.9 Å². The van der Waals surface area contributed by atoms with Crippen molar-refractivity contribution in [2.24, 2.45) is 0 Å². The maximum Gasteiger partial charge on any atom is 0.330 e. The molecule has 0 aliphatic heterocycles. The number of halogens is 17. The molecule has 0 heterocycles. The van der Waals surface area contributed by atoms with Crippen molar-refractivity contribution in [3.63, 3.8) is 0 Å². The predicted molar refractivity (Wildman–Crippen MR) is 195 cm³/mol. The Morgan fingerprint density at radius 3 is 0.803 bits per heavy atom. The summed E-state index contributed by atoms with van der Waals surface area (Å²) in [7, 11) is 0. The molecule has 0 spiro atoms. The van der Waals surface area contributed by atoms with E-state index >= 15 is 0 Å². The largest absolute Gasteiger partial charge is 0.503 e. The van der Waals surface area contributed by atoms with Gasteiger partial charge >= 0.3 is 17.9 Å². The number of hydrogen-bond donors (Lipinski definition) is 2. The highest BCUT2D eigenvalue weighted by molar-refractivity contribution is 9.09. The minimum absolute atomic E-state index is 0.371. The summed E-state index contributed by atoms with van der Waals surface area (Å²) in [6.07, 6.45) is 2.62. The predicted octanol–water partition coefficient (Wildman–Crippen LogP) is 9.67. The van der Waals surface area contributed by atoms with Crippen molar-refractivity contribution in [3.8, 4) is 45.3 Å². The zero-order valence-corrected chi connectivity index (χ0v) is 33.8. The van der Waals surface area contributed by atoms with Gasteiger partial charge in [-0.2, -0.15) is 35.1 Å². The molecule has 2 N–H and O–H groups in total. The Balaban J connectivity index is 0.000000419. The number of ether oxygens (including phenoxy) is 5. The lowest BCUT2D eigenvalue weighted by Crippen LogP contribution is -2.15. The minimum Gasteiger partial charge on any atom is -0.503 e. The molecule has 0 bridgehead atoms. The van der Waals surface area contributed by atoms with Crippen molar-refractivity contribution >= 4 is 33.8 Å². The van der Waals surface area contributed by atoms with Crippen LogP contribution in [-0.4, -0.2) is 66.5 Å². The quantitative estimate of drug-likeness (QED) is 0.0225. The zero-order chi connectivity index (χ0) is 50.5. The van der Waals surface area contributed by atoms with Gasteiger partial charge in [-0.05, 0) is 0 Å². The first-order valence-electron chi connectivity index (χ1n) is 16.9. The van der Waals surface area contributed by atoms with Crippen LogP contribution in [0.15, 0.2) is 38.0 Å². The molecule has 4 aromatic rings. The fourth-order valence-electron chi connectivity index (χ4n) is 4.48. The lowest BCUT2D eigenvalue weighted by molar-refractivity contribution is -0.139. The highest BCUT2D eigenvalue weighted by atomic mass is 79.9. The van der Waals surface area contributed by atoms with E-state index in [9.17, 15) is 84.6 Å². The highest BCUT2D eigenvalue weighted by Crippen LogP contribution is 2.43. The van der Waals surface area contributed by atoms with E-state index in [4.69, 9.17) is 10.2 Å². The van der Waals surface area contributed by atoms with Crippen LogP contribution in [0.2, 0.25) is 0 Å². The molecule has 10 nitrogen and oxygen atoms in total. The SMILES string of the molecule is C=CC(=O)OCCBr.C=CC(=O)OCCOc1c(F)c(F)c(-c2c(F)c(F)c(OCCOC(=O)C=C)c(F)c2F)c(F)c1F.Oc1c(F)c(F)c(-c2c(F)c(F)c(O)c(F)c2F)c(F)c1F. The number of rotatable bonds is 15. The Kier molecular flexibility index (Phi) is 20.4. The van der Waals surface area contributed by atoms with Crippen molar-refractivity contribution < 1.29 is 119 Å². The van der Waals surface area contributed by atoms with Crippen molar-refractivity contribution in [2.45, 2.75) is 0 Å². The Morgan fingerprint density at radius 1 is 0.379 bits per heavy atom. The van der Waals surface area contributed by atoms with Gasteiger partial charge in [-0.3, -0.25) is 0 Å². The third-order valence-corrected chi connectivity index (χ3v) is 7.72. The molecule has 66 heavy (non-hydrogen) atoms. The lowest BCUT2D eigenvalue weighted by atomic mass is 10.0. The molecule has 0 atom stereocenters. The molecule has 27 heteroatoms. The molecule has 0 saturated carbocycles. The van der Waals surface area contributed by atoms with Crippen molar-refractivity contribution in [3.05, 3.63) is 131 Å². The van der Waals surface area contributed by atoms with Crippen molar-refractivity contribution in [2.75, 3.05) is 38.4 Å². The van der Waals surface area contributed by atoms with E-state index in [0.717, 1.165) is 18.2 Å². The van der Waals surface area contributed by atoms with E-state index < -0.39 is 177 Å². The van der Waals surface area contributed by atoms with Gasteiger partial charge in [-0.25, -0.2) is 49.5 Å². The number of phenolic OH excluding ortho intramolecular Hbond substituents is 2. The minimum atomic E-state index is -2.49.